The Morgan fingerprint density at radius 3 is 2.75 bits per heavy atom. The highest BCUT2D eigenvalue weighted by molar-refractivity contribution is 9.10. The lowest BCUT2D eigenvalue weighted by molar-refractivity contribution is 0.436. The van der Waals surface area contributed by atoms with Gasteiger partial charge < -0.3 is 5.73 Å². The first-order chi connectivity index (χ1) is 5.24. The molecule has 1 rings (SSSR count). The van der Waals surface area contributed by atoms with E-state index in [0.29, 0.717) is 5.56 Å². The predicted octanol–water partition coefficient (Wildman–Crippen LogP) is 2.24. The molecule has 12 heavy (non-hydrogen) atoms. The largest absolute Gasteiger partial charge is 0.322 e. The molecule has 0 radical (unpaired) electrons. The Balaban J connectivity index is 0.00000121. The first-order valence-corrected chi connectivity index (χ1v) is 3.95. The summed E-state index contributed by atoms with van der Waals surface area (Å²) >= 11 is 3.22. The summed E-state index contributed by atoms with van der Waals surface area (Å²) < 4.78 is 12.9. The van der Waals surface area contributed by atoms with E-state index in [-0.39, 0.29) is 12.4 Å². The fourth-order valence-corrected chi connectivity index (χ4v) is 1.10. The molecule has 2 nitrogen and oxygen atoms in total. The summed E-state index contributed by atoms with van der Waals surface area (Å²) in [7, 11) is 0. The lowest BCUT2D eigenvalue weighted by atomic mass is 10.1. The molecule has 0 fully saturated rings. The molecule has 0 spiro atoms. The minimum Gasteiger partial charge on any atom is -0.322 e. The molecular formula is C7H9BrClFN2. The normalized spacial score (nSPS) is 11.9. The van der Waals surface area contributed by atoms with Crippen LogP contribution in [0.4, 0.5) is 4.39 Å². The number of alkyl halides is 1. The molecule has 1 heterocycles. The van der Waals surface area contributed by atoms with Crippen molar-refractivity contribution in [3.05, 3.63) is 28.5 Å². The van der Waals surface area contributed by atoms with E-state index in [1.165, 1.54) is 0 Å². The summed E-state index contributed by atoms with van der Waals surface area (Å²) in [6.07, 6.45) is 3.20. The third-order valence-corrected chi connectivity index (χ3v) is 1.75. The van der Waals surface area contributed by atoms with E-state index in [2.05, 4.69) is 20.9 Å². The van der Waals surface area contributed by atoms with Gasteiger partial charge in [0.15, 0.2) is 0 Å². The smallest absolute Gasteiger partial charge is 0.109 e. The predicted molar refractivity (Wildman–Crippen MR) is 52.1 cm³/mol. The second-order valence-electron chi connectivity index (χ2n) is 2.20. The first-order valence-electron chi connectivity index (χ1n) is 3.16. The molecular weight excluding hydrogens is 246 g/mol. The topological polar surface area (TPSA) is 38.9 Å². The van der Waals surface area contributed by atoms with Gasteiger partial charge in [-0.05, 0) is 27.6 Å². The second kappa shape index (κ2) is 5.45. The molecule has 0 aliphatic heterocycles. The molecule has 68 valence electrons. The van der Waals surface area contributed by atoms with Crippen LogP contribution in [0.15, 0.2) is 22.9 Å². The van der Waals surface area contributed by atoms with E-state index in [0.717, 1.165) is 4.47 Å². The van der Waals surface area contributed by atoms with Gasteiger partial charge in [-0.25, -0.2) is 4.39 Å². The summed E-state index contributed by atoms with van der Waals surface area (Å²) in [5, 5.41) is 0. The van der Waals surface area contributed by atoms with Crippen LogP contribution in [0.25, 0.3) is 0 Å². The summed E-state index contributed by atoms with van der Waals surface area (Å²) in [4.78, 5) is 3.86. The van der Waals surface area contributed by atoms with Crippen LogP contribution in [0.1, 0.15) is 11.6 Å². The van der Waals surface area contributed by atoms with E-state index < -0.39 is 12.7 Å². The van der Waals surface area contributed by atoms with Crippen LogP contribution in [0, 0.1) is 0 Å². The van der Waals surface area contributed by atoms with Crippen LogP contribution < -0.4 is 5.73 Å². The average Bonchev–Trinajstić information content (AvgIpc) is 2.03. The third-order valence-electron chi connectivity index (χ3n) is 1.32. The minimum atomic E-state index is -0.557. The number of hydrogen-bond donors (Lipinski definition) is 1. The van der Waals surface area contributed by atoms with Gasteiger partial charge in [-0.15, -0.1) is 12.4 Å². The fraction of sp³-hybridized carbons (Fsp3) is 0.286. The molecule has 1 aromatic rings. The van der Waals surface area contributed by atoms with Gasteiger partial charge >= 0.3 is 0 Å². The average molecular weight is 256 g/mol. The second-order valence-corrected chi connectivity index (χ2v) is 3.11. The van der Waals surface area contributed by atoms with Gasteiger partial charge in [0.05, 0.1) is 6.04 Å². The van der Waals surface area contributed by atoms with E-state index in [1.54, 1.807) is 18.5 Å². The Hall–Kier alpha value is -0.190. The van der Waals surface area contributed by atoms with Gasteiger partial charge in [0, 0.05) is 16.9 Å². The Morgan fingerprint density at radius 2 is 2.25 bits per heavy atom. The van der Waals surface area contributed by atoms with Crippen LogP contribution in [0.3, 0.4) is 0 Å². The Kier molecular flexibility index (Phi) is 5.37. The van der Waals surface area contributed by atoms with Crippen LogP contribution in [0.5, 0.6) is 0 Å². The maximum Gasteiger partial charge on any atom is 0.109 e. The monoisotopic (exact) mass is 254 g/mol. The first kappa shape index (κ1) is 11.8. The van der Waals surface area contributed by atoms with Crippen molar-refractivity contribution in [3.63, 3.8) is 0 Å². The van der Waals surface area contributed by atoms with Crippen molar-refractivity contribution in [2.75, 3.05) is 6.67 Å². The Labute approximate surface area is 84.9 Å². The maximum absolute atomic E-state index is 12.0. The summed E-state index contributed by atoms with van der Waals surface area (Å²) in [6, 6.07) is 1.21. The number of aromatic nitrogens is 1. The SMILES string of the molecule is Cl.N[C@H](CF)c1cncc(Br)c1. The number of rotatable bonds is 2. The summed E-state index contributed by atoms with van der Waals surface area (Å²) in [5.41, 5.74) is 6.14. The highest BCUT2D eigenvalue weighted by atomic mass is 79.9. The van der Waals surface area contributed by atoms with Crippen molar-refractivity contribution in [2.45, 2.75) is 6.04 Å². The minimum absolute atomic E-state index is 0. The standard InChI is InChI=1S/C7H8BrFN2.ClH/c8-6-1-5(3-11-4-6)7(10)2-9;/h1,3-4,7H,2,10H2;1H/t7-;/m1./s1. The van der Waals surface area contributed by atoms with Crippen molar-refractivity contribution >= 4 is 28.3 Å². The highest BCUT2D eigenvalue weighted by Crippen LogP contribution is 2.14. The lowest BCUT2D eigenvalue weighted by Gasteiger charge is -2.05. The number of nitrogens with zero attached hydrogens (tertiary/aromatic N) is 1. The number of hydrogen-bond acceptors (Lipinski definition) is 2. The number of halogens is 3. The molecule has 0 saturated heterocycles. The molecule has 0 aliphatic carbocycles. The molecule has 0 unspecified atom stereocenters. The van der Waals surface area contributed by atoms with E-state index in [4.69, 9.17) is 5.73 Å². The zero-order valence-electron chi connectivity index (χ0n) is 6.21. The number of nitrogens with two attached hydrogens (primary N) is 1. The molecule has 0 aliphatic rings. The van der Waals surface area contributed by atoms with Gasteiger partial charge in [0.1, 0.15) is 6.67 Å². The van der Waals surface area contributed by atoms with E-state index in [1.807, 2.05) is 0 Å². The van der Waals surface area contributed by atoms with Crippen molar-refractivity contribution in [2.24, 2.45) is 5.73 Å². The molecule has 1 aromatic heterocycles. The zero-order valence-corrected chi connectivity index (χ0v) is 8.61. The van der Waals surface area contributed by atoms with Crippen LogP contribution >= 0.6 is 28.3 Å². The molecule has 5 heteroatoms. The van der Waals surface area contributed by atoms with Gasteiger partial charge in [0.25, 0.3) is 0 Å². The van der Waals surface area contributed by atoms with Crippen molar-refractivity contribution in [1.29, 1.82) is 0 Å². The van der Waals surface area contributed by atoms with Crippen molar-refractivity contribution in [3.8, 4) is 0 Å². The molecule has 1 atom stereocenters. The summed E-state index contributed by atoms with van der Waals surface area (Å²) in [6.45, 7) is -0.557. The molecule has 0 aromatic carbocycles. The number of pyridine rings is 1. The van der Waals surface area contributed by atoms with Crippen molar-refractivity contribution < 1.29 is 4.39 Å². The molecule has 2 N–H and O–H groups in total. The highest BCUT2D eigenvalue weighted by Gasteiger charge is 2.04. The fourth-order valence-electron chi connectivity index (χ4n) is 0.720. The third kappa shape index (κ3) is 3.05. The van der Waals surface area contributed by atoms with E-state index >= 15 is 0 Å². The van der Waals surface area contributed by atoms with Gasteiger partial charge in [-0.3, -0.25) is 4.98 Å². The lowest BCUT2D eigenvalue weighted by Crippen LogP contribution is -2.12. The molecule has 0 saturated carbocycles. The molecule has 0 bridgehead atoms. The quantitative estimate of drug-likeness (QED) is 0.880. The van der Waals surface area contributed by atoms with Gasteiger partial charge in [-0.1, -0.05) is 0 Å². The zero-order chi connectivity index (χ0) is 8.27. The van der Waals surface area contributed by atoms with Crippen LogP contribution in [-0.4, -0.2) is 11.7 Å². The maximum atomic E-state index is 12.0. The Morgan fingerprint density at radius 1 is 1.58 bits per heavy atom. The van der Waals surface area contributed by atoms with Crippen LogP contribution in [0.2, 0.25) is 0 Å². The van der Waals surface area contributed by atoms with E-state index in [9.17, 15) is 4.39 Å². The summed E-state index contributed by atoms with van der Waals surface area (Å²) in [5.74, 6) is 0. The molecule has 0 amide bonds. The van der Waals surface area contributed by atoms with Crippen LogP contribution in [-0.2, 0) is 0 Å². The van der Waals surface area contributed by atoms with Gasteiger partial charge in [-0.2, -0.15) is 0 Å². The van der Waals surface area contributed by atoms with Gasteiger partial charge in [0.2, 0.25) is 0 Å². The van der Waals surface area contributed by atoms with Crippen molar-refractivity contribution in [1.82, 2.24) is 4.98 Å². The Bertz CT molecular complexity index is 247.